The van der Waals surface area contributed by atoms with Crippen LogP contribution in [0.25, 0.3) is 0 Å². The Hall–Kier alpha value is -1.16. The first-order valence-electron chi connectivity index (χ1n) is 6.04. The number of carbonyl (C=O) groups is 1. The van der Waals surface area contributed by atoms with Gasteiger partial charge in [0.25, 0.3) is 0 Å². The fourth-order valence-corrected chi connectivity index (χ4v) is 1.62. The Morgan fingerprint density at radius 2 is 2.22 bits per heavy atom. The first-order valence-corrected chi connectivity index (χ1v) is 6.57. The summed E-state index contributed by atoms with van der Waals surface area (Å²) in [4.78, 5) is 16.4. The highest BCUT2D eigenvalue weighted by Gasteiger charge is 2.33. The monoisotopic (exact) mass is 269 g/mol. The lowest BCUT2D eigenvalue weighted by atomic mass is 9.85. The summed E-state index contributed by atoms with van der Waals surface area (Å²) in [5.74, 6) is 0.339. The molecule has 0 aliphatic rings. The average Bonchev–Trinajstić information content (AvgIpc) is 2.88. The van der Waals surface area contributed by atoms with Crippen LogP contribution >= 0.6 is 11.6 Å². The molecule has 1 heterocycles. The molecule has 0 aromatic carbocycles. The maximum Gasteiger partial charge on any atom is 0.168 e. The van der Waals surface area contributed by atoms with E-state index in [0.717, 1.165) is 12.0 Å². The van der Waals surface area contributed by atoms with Gasteiger partial charge in [0.1, 0.15) is 18.7 Å². The van der Waals surface area contributed by atoms with Crippen LogP contribution in [0.3, 0.4) is 0 Å². The predicted molar refractivity (Wildman–Crippen MR) is 72.6 cm³/mol. The summed E-state index contributed by atoms with van der Waals surface area (Å²) in [6, 6.07) is -0.429. The number of Topliss-reactive ketones (excluding diaryl/α,β-unsaturated/α-hetero) is 1. The van der Waals surface area contributed by atoms with E-state index in [4.69, 9.17) is 11.6 Å². The molecule has 0 aliphatic heterocycles. The van der Waals surface area contributed by atoms with Gasteiger partial charge in [0.2, 0.25) is 0 Å². The fraction of sp³-hybridized carbons (Fsp3) is 0.615. The van der Waals surface area contributed by atoms with Crippen molar-refractivity contribution in [1.29, 1.82) is 0 Å². The van der Waals surface area contributed by atoms with Gasteiger partial charge in [-0.05, 0) is 13.3 Å². The van der Waals surface area contributed by atoms with Crippen LogP contribution in [-0.4, -0.2) is 26.4 Å². The third kappa shape index (κ3) is 3.42. The number of carbonyl (C=O) groups excluding carboxylic acids is 1. The van der Waals surface area contributed by atoms with Gasteiger partial charge in [-0.25, -0.2) is 9.67 Å². The van der Waals surface area contributed by atoms with Crippen LogP contribution in [0.4, 0.5) is 0 Å². The Balaban J connectivity index is 3.10. The molecule has 0 aliphatic carbocycles. The molecule has 1 aromatic rings. The molecular weight excluding hydrogens is 250 g/mol. The Kier molecular flexibility index (Phi) is 5.08. The van der Waals surface area contributed by atoms with Gasteiger partial charge in [0.15, 0.2) is 5.78 Å². The second kappa shape index (κ2) is 6.14. The molecule has 1 rings (SSSR count). The molecule has 0 saturated carbocycles. The number of nitrogens with zero attached hydrogens (tertiary/aromatic N) is 3. The van der Waals surface area contributed by atoms with Crippen LogP contribution in [0, 0.1) is 5.41 Å². The second-order valence-corrected chi connectivity index (χ2v) is 5.34. The lowest BCUT2D eigenvalue weighted by molar-refractivity contribution is -0.128. The lowest BCUT2D eigenvalue weighted by Gasteiger charge is -2.25. The zero-order chi connectivity index (χ0) is 13.8. The third-order valence-electron chi connectivity index (χ3n) is 2.99. The number of alkyl halides is 1. The molecule has 0 amide bonds. The molecule has 0 N–H and O–H groups in total. The fourth-order valence-electron chi connectivity index (χ4n) is 1.49. The number of ketones is 1. The van der Waals surface area contributed by atoms with Gasteiger partial charge in [-0.15, -0.1) is 11.6 Å². The number of rotatable bonds is 6. The Morgan fingerprint density at radius 3 is 2.67 bits per heavy atom. The van der Waals surface area contributed by atoms with Gasteiger partial charge in [-0.1, -0.05) is 32.4 Å². The molecular formula is C13H20ClN3O. The minimum absolute atomic E-state index is 0.0517. The summed E-state index contributed by atoms with van der Waals surface area (Å²) in [6.07, 6.45) is 5.83. The van der Waals surface area contributed by atoms with Crippen molar-refractivity contribution in [3.63, 3.8) is 0 Å². The van der Waals surface area contributed by atoms with Gasteiger partial charge in [0.05, 0.1) is 0 Å². The Labute approximate surface area is 113 Å². The zero-order valence-corrected chi connectivity index (χ0v) is 12.1. The van der Waals surface area contributed by atoms with Crippen molar-refractivity contribution in [2.24, 2.45) is 5.41 Å². The van der Waals surface area contributed by atoms with E-state index < -0.39 is 11.5 Å². The minimum atomic E-state index is -0.581. The summed E-state index contributed by atoms with van der Waals surface area (Å²) < 4.78 is 1.58. The summed E-state index contributed by atoms with van der Waals surface area (Å²) in [6.45, 7) is 7.76. The van der Waals surface area contributed by atoms with E-state index >= 15 is 0 Å². The van der Waals surface area contributed by atoms with E-state index in [1.807, 2.05) is 26.8 Å². The van der Waals surface area contributed by atoms with E-state index in [9.17, 15) is 4.79 Å². The molecule has 5 heteroatoms. The average molecular weight is 270 g/mol. The van der Waals surface area contributed by atoms with Crippen LogP contribution in [0.15, 0.2) is 24.3 Å². The van der Waals surface area contributed by atoms with Gasteiger partial charge >= 0.3 is 0 Å². The molecule has 1 aromatic heterocycles. The van der Waals surface area contributed by atoms with Gasteiger partial charge in [-0.2, -0.15) is 5.10 Å². The number of allylic oxidation sites excluding steroid dienone is 2. The normalized spacial score (nSPS) is 14.6. The molecule has 0 saturated heterocycles. The van der Waals surface area contributed by atoms with Crippen molar-refractivity contribution in [1.82, 2.24) is 14.8 Å². The maximum atomic E-state index is 12.5. The Morgan fingerprint density at radius 1 is 1.56 bits per heavy atom. The van der Waals surface area contributed by atoms with E-state index in [0.29, 0.717) is 0 Å². The predicted octanol–water partition coefficient (Wildman–Crippen LogP) is 3.01. The molecule has 1 atom stereocenters. The molecule has 1 unspecified atom stereocenters. The van der Waals surface area contributed by atoms with Crippen molar-refractivity contribution < 1.29 is 4.79 Å². The standard InChI is InChI=1S/C13H20ClN3O/c1-5-10(2)6-11(17-9-15-8-16-17)12(18)13(3,4)7-14/h6,8-9,11H,5,7H2,1-4H3. The highest BCUT2D eigenvalue weighted by molar-refractivity contribution is 6.20. The van der Waals surface area contributed by atoms with Crippen molar-refractivity contribution in [3.8, 4) is 0 Å². The van der Waals surface area contributed by atoms with E-state index in [1.165, 1.54) is 6.33 Å². The third-order valence-corrected chi connectivity index (χ3v) is 3.66. The summed E-state index contributed by atoms with van der Waals surface area (Å²) in [5, 5.41) is 4.07. The van der Waals surface area contributed by atoms with E-state index in [2.05, 4.69) is 17.0 Å². The zero-order valence-electron chi connectivity index (χ0n) is 11.4. The van der Waals surface area contributed by atoms with Crippen LogP contribution in [0.1, 0.15) is 40.2 Å². The number of aromatic nitrogens is 3. The highest BCUT2D eigenvalue weighted by Crippen LogP contribution is 2.27. The van der Waals surface area contributed by atoms with E-state index in [-0.39, 0.29) is 11.7 Å². The van der Waals surface area contributed by atoms with Crippen LogP contribution in [-0.2, 0) is 4.79 Å². The molecule has 0 bridgehead atoms. The molecule has 0 spiro atoms. The van der Waals surface area contributed by atoms with E-state index in [1.54, 1.807) is 11.0 Å². The van der Waals surface area contributed by atoms with Crippen molar-refractivity contribution in [2.75, 3.05) is 5.88 Å². The largest absolute Gasteiger partial charge is 0.296 e. The smallest absolute Gasteiger partial charge is 0.168 e. The summed E-state index contributed by atoms with van der Waals surface area (Å²) in [5.41, 5.74) is 0.567. The van der Waals surface area contributed by atoms with Crippen LogP contribution in [0.2, 0.25) is 0 Å². The number of halogens is 1. The molecule has 4 nitrogen and oxygen atoms in total. The first-order chi connectivity index (χ1) is 8.42. The topological polar surface area (TPSA) is 47.8 Å². The quantitative estimate of drug-likeness (QED) is 0.589. The van der Waals surface area contributed by atoms with Gasteiger partial charge in [-0.3, -0.25) is 4.79 Å². The van der Waals surface area contributed by atoms with Gasteiger partial charge < -0.3 is 0 Å². The second-order valence-electron chi connectivity index (χ2n) is 5.07. The molecule has 0 radical (unpaired) electrons. The highest BCUT2D eigenvalue weighted by atomic mass is 35.5. The SMILES string of the molecule is CCC(C)=CC(C(=O)C(C)(C)CCl)n1cncn1. The van der Waals surface area contributed by atoms with Crippen LogP contribution < -0.4 is 0 Å². The summed E-state index contributed by atoms with van der Waals surface area (Å²) >= 11 is 5.88. The Bertz CT molecular complexity index is 423. The molecule has 18 heavy (non-hydrogen) atoms. The number of hydrogen-bond acceptors (Lipinski definition) is 3. The first kappa shape index (κ1) is 14.9. The number of hydrogen-bond donors (Lipinski definition) is 0. The van der Waals surface area contributed by atoms with Crippen molar-refractivity contribution in [2.45, 2.75) is 40.2 Å². The lowest BCUT2D eigenvalue weighted by Crippen LogP contribution is -2.33. The van der Waals surface area contributed by atoms with Gasteiger partial charge in [0, 0.05) is 11.3 Å². The molecule has 0 fully saturated rings. The van der Waals surface area contributed by atoms with Crippen LogP contribution in [0.5, 0.6) is 0 Å². The maximum absolute atomic E-state index is 12.5. The summed E-state index contributed by atoms with van der Waals surface area (Å²) in [7, 11) is 0. The van der Waals surface area contributed by atoms with Crippen molar-refractivity contribution in [3.05, 3.63) is 24.3 Å². The minimum Gasteiger partial charge on any atom is -0.296 e. The molecule has 100 valence electrons. The van der Waals surface area contributed by atoms with Crippen molar-refractivity contribution >= 4 is 17.4 Å².